The van der Waals surface area contributed by atoms with Crippen molar-refractivity contribution in [2.45, 2.75) is 52.4 Å². The molecule has 11 nitrogen and oxygen atoms in total. The lowest BCUT2D eigenvalue weighted by Gasteiger charge is -2.18. The molecule has 0 unspecified atom stereocenters. The van der Waals surface area contributed by atoms with Crippen molar-refractivity contribution in [3.63, 3.8) is 0 Å². The molecule has 29 heavy (non-hydrogen) atoms. The number of nitrogens with zero attached hydrogens (tertiary/aromatic N) is 4. The zero-order valence-corrected chi connectivity index (χ0v) is 16.9. The van der Waals surface area contributed by atoms with Gasteiger partial charge in [-0.15, -0.1) is 0 Å². The highest BCUT2D eigenvalue weighted by molar-refractivity contribution is 5.77. The van der Waals surface area contributed by atoms with Crippen molar-refractivity contribution < 1.29 is 28.5 Å². The van der Waals surface area contributed by atoms with Gasteiger partial charge in [0.1, 0.15) is 26.0 Å². The molecule has 0 aliphatic carbocycles. The number of rotatable bonds is 12. The molecule has 0 aromatic carbocycles. The quantitative estimate of drug-likeness (QED) is 0.512. The molecule has 11 heteroatoms. The number of hydrogen-bond acceptors (Lipinski definition) is 10. The summed E-state index contributed by atoms with van der Waals surface area (Å²) in [5.41, 5.74) is 6.57. The minimum atomic E-state index is -0.643. The molecule has 0 atom stereocenters. The van der Waals surface area contributed by atoms with Gasteiger partial charge in [0.15, 0.2) is 11.2 Å². The van der Waals surface area contributed by atoms with E-state index in [1.54, 1.807) is 4.57 Å². The van der Waals surface area contributed by atoms with Crippen LogP contribution in [0.1, 0.15) is 39.5 Å². The van der Waals surface area contributed by atoms with E-state index < -0.39 is 6.10 Å². The summed E-state index contributed by atoms with van der Waals surface area (Å²) in [4.78, 5) is 35.7. The van der Waals surface area contributed by atoms with Crippen LogP contribution in [-0.4, -0.2) is 57.9 Å². The van der Waals surface area contributed by atoms with E-state index in [0.29, 0.717) is 36.8 Å². The second-order valence-corrected chi connectivity index (χ2v) is 6.26. The van der Waals surface area contributed by atoms with Crippen LogP contribution in [0.25, 0.3) is 11.2 Å². The van der Waals surface area contributed by atoms with E-state index in [1.807, 2.05) is 13.8 Å². The number of ether oxygens (including phenoxy) is 4. The number of hydrogen-bond donors (Lipinski definition) is 1. The first-order valence-corrected chi connectivity index (χ1v) is 9.43. The van der Waals surface area contributed by atoms with Crippen LogP contribution in [0.5, 0.6) is 5.88 Å². The zero-order valence-electron chi connectivity index (χ0n) is 16.9. The Hall–Kier alpha value is -2.95. The van der Waals surface area contributed by atoms with Crippen LogP contribution in [-0.2, 0) is 30.5 Å². The van der Waals surface area contributed by atoms with E-state index in [1.165, 1.54) is 13.4 Å². The number of nitrogen functional groups attached to an aromatic ring is 1. The van der Waals surface area contributed by atoms with Gasteiger partial charge in [-0.25, -0.2) is 4.98 Å². The number of nitrogens with two attached hydrogens (primary N) is 1. The standard InChI is InChI=1S/C18H27N5O6/c1-4-6-13(24)27-8-12(9-28-14(25)7-5-2)29-11-23-10-20-15-16(23)21-18(19)22-17(15)26-3/h10,12H,4-9,11H2,1-3H3,(H2,19,21,22). The second kappa shape index (κ2) is 11.1. The summed E-state index contributed by atoms with van der Waals surface area (Å²) in [6.45, 7) is 3.72. The fourth-order valence-corrected chi connectivity index (χ4v) is 2.43. The summed E-state index contributed by atoms with van der Waals surface area (Å²) < 4.78 is 23.0. The molecule has 0 amide bonds. The van der Waals surface area contributed by atoms with Crippen LogP contribution in [0, 0.1) is 0 Å². The highest BCUT2D eigenvalue weighted by atomic mass is 16.6. The van der Waals surface area contributed by atoms with Gasteiger partial charge >= 0.3 is 11.9 Å². The lowest BCUT2D eigenvalue weighted by atomic mass is 10.3. The SMILES string of the molecule is CCCC(=O)OCC(COC(=O)CCC)OCn1cnc2c(OC)nc(N)nc21. The third kappa shape index (κ3) is 6.56. The maximum atomic E-state index is 11.7. The monoisotopic (exact) mass is 409 g/mol. The summed E-state index contributed by atoms with van der Waals surface area (Å²) >= 11 is 0. The van der Waals surface area contributed by atoms with Gasteiger partial charge in [-0.2, -0.15) is 9.97 Å². The van der Waals surface area contributed by atoms with Gasteiger partial charge in [-0.05, 0) is 12.8 Å². The van der Waals surface area contributed by atoms with Crippen molar-refractivity contribution in [2.75, 3.05) is 26.1 Å². The molecule has 0 spiro atoms. The lowest BCUT2D eigenvalue weighted by molar-refractivity contribution is -0.157. The average Bonchev–Trinajstić information content (AvgIpc) is 3.10. The van der Waals surface area contributed by atoms with Crippen LogP contribution in [0.3, 0.4) is 0 Å². The van der Waals surface area contributed by atoms with Gasteiger partial charge in [0, 0.05) is 12.8 Å². The molecule has 2 aromatic rings. The van der Waals surface area contributed by atoms with Crippen molar-refractivity contribution in [2.24, 2.45) is 0 Å². The van der Waals surface area contributed by atoms with Crippen LogP contribution in [0.4, 0.5) is 5.95 Å². The summed E-state index contributed by atoms with van der Waals surface area (Å²) in [5.74, 6) is -0.377. The van der Waals surface area contributed by atoms with Crippen molar-refractivity contribution in [1.29, 1.82) is 0 Å². The fraction of sp³-hybridized carbons (Fsp3) is 0.611. The van der Waals surface area contributed by atoms with E-state index in [9.17, 15) is 9.59 Å². The molecule has 0 saturated heterocycles. The minimum Gasteiger partial charge on any atom is -0.479 e. The Kier molecular flexibility index (Phi) is 8.59. The molecule has 0 fully saturated rings. The molecule has 2 heterocycles. The summed E-state index contributed by atoms with van der Waals surface area (Å²) in [6, 6.07) is 0. The number of aromatic nitrogens is 4. The topological polar surface area (TPSA) is 141 Å². The van der Waals surface area contributed by atoms with Gasteiger partial charge in [-0.1, -0.05) is 13.8 Å². The summed E-state index contributed by atoms with van der Waals surface area (Å²) in [5, 5.41) is 0. The summed E-state index contributed by atoms with van der Waals surface area (Å²) in [6.07, 6.45) is 2.84. The van der Waals surface area contributed by atoms with Gasteiger partial charge in [0.25, 0.3) is 0 Å². The number of esters is 2. The van der Waals surface area contributed by atoms with Crippen LogP contribution >= 0.6 is 0 Å². The molecule has 0 aliphatic rings. The number of imidazole rings is 1. The Labute approximate surface area is 168 Å². The van der Waals surface area contributed by atoms with Gasteiger partial charge in [0.05, 0.1) is 13.4 Å². The fourth-order valence-electron chi connectivity index (χ4n) is 2.43. The molecule has 160 valence electrons. The first-order chi connectivity index (χ1) is 14.0. The maximum absolute atomic E-state index is 11.7. The maximum Gasteiger partial charge on any atom is 0.305 e. The Morgan fingerprint density at radius 1 is 1.10 bits per heavy atom. The van der Waals surface area contributed by atoms with Crippen molar-refractivity contribution >= 4 is 29.1 Å². The van der Waals surface area contributed by atoms with Crippen LogP contribution < -0.4 is 10.5 Å². The normalized spacial score (nSPS) is 11.0. The number of carbonyl (C=O) groups excluding carboxylic acids is 2. The number of methoxy groups -OCH3 is 1. The number of fused-ring (bicyclic) bond motifs is 1. The summed E-state index contributed by atoms with van der Waals surface area (Å²) in [7, 11) is 1.46. The first-order valence-electron chi connectivity index (χ1n) is 9.43. The Morgan fingerprint density at radius 3 is 2.28 bits per heavy atom. The minimum absolute atomic E-state index is 0.0252. The molecular weight excluding hydrogens is 382 g/mol. The Balaban J connectivity index is 2.05. The van der Waals surface area contributed by atoms with Crippen LogP contribution in [0.2, 0.25) is 0 Å². The zero-order chi connectivity index (χ0) is 21.2. The van der Waals surface area contributed by atoms with Crippen molar-refractivity contribution in [3.8, 4) is 5.88 Å². The van der Waals surface area contributed by atoms with E-state index in [-0.39, 0.29) is 43.7 Å². The first kappa shape index (κ1) is 22.3. The number of anilines is 1. The van der Waals surface area contributed by atoms with Crippen molar-refractivity contribution in [3.05, 3.63) is 6.33 Å². The molecule has 0 radical (unpaired) electrons. The third-order valence-electron chi connectivity index (χ3n) is 3.86. The number of carbonyl (C=O) groups is 2. The highest BCUT2D eigenvalue weighted by Crippen LogP contribution is 2.21. The molecule has 0 saturated carbocycles. The van der Waals surface area contributed by atoms with E-state index in [4.69, 9.17) is 24.7 Å². The van der Waals surface area contributed by atoms with Crippen molar-refractivity contribution in [1.82, 2.24) is 19.5 Å². The van der Waals surface area contributed by atoms with Gasteiger partial charge in [0.2, 0.25) is 11.8 Å². The molecule has 0 bridgehead atoms. The smallest absolute Gasteiger partial charge is 0.305 e. The van der Waals surface area contributed by atoms with E-state index in [2.05, 4.69) is 15.0 Å². The molecule has 2 rings (SSSR count). The molecule has 0 aliphatic heterocycles. The largest absolute Gasteiger partial charge is 0.479 e. The van der Waals surface area contributed by atoms with Gasteiger partial charge in [-0.3, -0.25) is 14.2 Å². The molecular formula is C18H27N5O6. The van der Waals surface area contributed by atoms with E-state index >= 15 is 0 Å². The highest BCUT2D eigenvalue weighted by Gasteiger charge is 2.18. The Bertz CT molecular complexity index is 802. The average molecular weight is 409 g/mol. The Morgan fingerprint density at radius 2 is 1.72 bits per heavy atom. The molecule has 2 aromatic heterocycles. The van der Waals surface area contributed by atoms with Crippen LogP contribution in [0.15, 0.2) is 6.33 Å². The molecule has 2 N–H and O–H groups in total. The van der Waals surface area contributed by atoms with Gasteiger partial charge < -0.3 is 24.7 Å². The second-order valence-electron chi connectivity index (χ2n) is 6.26. The van der Waals surface area contributed by atoms with E-state index in [0.717, 1.165) is 0 Å². The predicted molar refractivity (Wildman–Crippen MR) is 103 cm³/mol. The third-order valence-corrected chi connectivity index (χ3v) is 3.86. The lowest BCUT2D eigenvalue weighted by Crippen LogP contribution is -2.29. The predicted octanol–water partition coefficient (Wildman–Crippen LogP) is 1.45.